The van der Waals surface area contributed by atoms with Gasteiger partial charge in [0.1, 0.15) is 6.61 Å². The molecule has 4 aliphatic carbocycles. The normalized spacial score (nSPS) is 44.1. The van der Waals surface area contributed by atoms with Crippen LogP contribution in [-0.2, 0) is 9.53 Å². The zero-order chi connectivity index (χ0) is 25.1. The van der Waals surface area contributed by atoms with Crippen LogP contribution in [0.15, 0.2) is 23.3 Å². The van der Waals surface area contributed by atoms with Crippen molar-refractivity contribution in [3.05, 3.63) is 23.3 Å². The molecule has 3 saturated carbocycles. The van der Waals surface area contributed by atoms with E-state index in [0.717, 1.165) is 31.7 Å². The molecule has 1 saturated heterocycles. The first-order valence-electron chi connectivity index (χ1n) is 14.3. The van der Waals surface area contributed by atoms with Gasteiger partial charge in [-0.1, -0.05) is 25.5 Å². The smallest absolute Gasteiger partial charge is 0.331 e. The van der Waals surface area contributed by atoms with Crippen molar-refractivity contribution < 1.29 is 19.4 Å². The molecule has 3 N–H and O–H groups in total. The second-order valence-electron chi connectivity index (χ2n) is 12.9. The summed E-state index contributed by atoms with van der Waals surface area (Å²) in [7, 11) is 0. The predicted molar refractivity (Wildman–Crippen MR) is 137 cm³/mol. The van der Waals surface area contributed by atoms with E-state index in [2.05, 4.69) is 30.6 Å². The topological polar surface area (TPSA) is 90.9 Å². The molecule has 6 aliphatic rings. The molecular formula is C29H43N3O4. The van der Waals surface area contributed by atoms with Gasteiger partial charge in [0.05, 0.1) is 6.61 Å². The molecule has 2 heterocycles. The van der Waals surface area contributed by atoms with Crippen molar-refractivity contribution in [2.24, 2.45) is 34.5 Å². The fraction of sp³-hybridized carbons (Fsp3) is 0.793. The highest BCUT2D eigenvalue weighted by molar-refractivity contribution is 5.85. The van der Waals surface area contributed by atoms with Crippen molar-refractivity contribution in [1.82, 2.24) is 15.5 Å². The van der Waals surface area contributed by atoms with Crippen LogP contribution in [0.5, 0.6) is 0 Å². The number of urea groups is 1. The number of aliphatic hydroxyl groups is 1. The predicted octanol–water partition coefficient (Wildman–Crippen LogP) is 3.39. The number of nitrogens with zero attached hydrogens (tertiary/aromatic N) is 1. The fourth-order valence-corrected chi connectivity index (χ4v) is 9.27. The summed E-state index contributed by atoms with van der Waals surface area (Å²) in [5.74, 6) is 2.30. The number of cyclic esters (lactones) is 1. The Kier molecular flexibility index (Phi) is 6.23. The highest BCUT2D eigenvalue weighted by Crippen LogP contribution is 2.66. The summed E-state index contributed by atoms with van der Waals surface area (Å²) in [6.45, 7) is 7.57. The van der Waals surface area contributed by atoms with Crippen molar-refractivity contribution in [3.8, 4) is 0 Å². The van der Waals surface area contributed by atoms with Crippen LogP contribution >= 0.6 is 0 Å². The summed E-state index contributed by atoms with van der Waals surface area (Å²) in [6, 6.07) is 0.274. The number of hydrogen-bond donors (Lipinski definition) is 3. The van der Waals surface area contributed by atoms with E-state index in [9.17, 15) is 14.7 Å². The van der Waals surface area contributed by atoms with Crippen molar-refractivity contribution in [3.63, 3.8) is 0 Å². The lowest BCUT2D eigenvalue weighted by atomic mass is 9.45. The summed E-state index contributed by atoms with van der Waals surface area (Å²) in [5.41, 5.74) is 3.40. The van der Waals surface area contributed by atoms with Gasteiger partial charge in [-0.2, -0.15) is 0 Å². The number of piperazine rings is 1. The molecule has 6 rings (SSSR count). The minimum Gasteiger partial charge on any atom is -0.458 e. The van der Waals surface area contributed by atoms with E-state index in [-0.39, 0.29) is 36.1 Å². The third-order valence-corrected chi connectivity index (χ3v) is 11.3. The molecule has 2 amide bonds. The third kappa shape index (κ3) is 3.92. The van der Waals surface area contributed by atoms with Crippen molar-refractivity contribution >= 4 is 12.0 Å². The lowest BCUT2D eigenvalue weighted by Crippen LogP contribution is -2.58. The number of rotatable bonds is 3. The molecular weight excluding hydrogens is 454 g/mol. The van der Waals surface area contributed by atoms with Gasteiger partial charge in [-0.25, -0.2) is 9.59 Å². The lowest BCUT2D eigenvalue weighted by molar-refractivity contribution is -0.135. The Hall–Kier alpha value is -1.86. The third-order valence-electron chi connectivity index (χ3n) is 11.3. The number of nitrogens with one attached hydrogen (secondary N) is 2. The number of esters is 1. The molecule has 0 radical (unpaired) electrons. The minimum absolute atomic E-state index is 0.0196. The maximum Gasteiger partial charge on any atom is 0.331 e. The SMILES string of the molecule is C[C@]12CC[C@H](NC(=O)N3CCN[C@H](CO)C3)C[C@H]1CC[C@H]1C3=CC[C@H](C4=CC(=O)OC4)[C@@]3(C)CC[C@@H]12. The van der Waals surface area contributed by atoms with Gasteiger partial charge in [-0.15, -0.1) is 0 Å². The first kappa shape index (κ1) is 24.5. The number of carbonyl (C=O) groups excluding carboxylic acids is 2. The zero-order valence-corrected chi connectivity index (χ0v) is 21.9. The van der Waals surface area contributed by atoms with E-state index in [1.807, 2.05) is 4.90 Å². The number of aliphatic hydroxyl groups excluding tert-OH is 1. The summed E-state index contributed by atoms with van der Waals surface area (Å²) in [6.07, 6.45) is 13.6. The number of ether oxygens (including phenoxy) is 1. The molecule has 0 unspecified atom stereocenters. The molecule has 198 valence electrons. The summed E-state index contributed by atoms with van der Waals surface area (Å²) < 4.78 is 5.28. The Morgan fingerprint density at radius 3 is 2.89 bits per heavy atom. The maximum atomic E-state index is 13.0. The molecule has 36 heavy (non-hydrogen) atoms. The number of amides is 2. The van der Waals surface area contributed by atoms with Gasteiger partial charge in [0, 0.05) is 37.8 Å². The van der Waals surface area contributed by atoms with Gasteiger partial charge in [0.15, 0.2) is 0 Å². The van der Waals surface area contributed by atoms with Gasteiger partial charge in [0.2, 0.25) is 0 Å². The van der Waals surface area contributed by atoms with Crippen molar-refractivity contribution in [2.75, 3.05) is 32.8 Å². The highest BCUT2D eigenvalue weighted by atomic mass is 16.5. The second-order valence-corrected chi connectivity index (χ2v) is 12.9. The standard InChI is InChI=1S/C29H43N3O4/c1-28-9-7-20(31-27(35)32-12-11-30-21(15-32)16-33)14-19(28)3-4-22-24-6-5-23(18-13-26(34)36-17-18)29(24,2)10-8-25(22)28/h6,13,19-23,25,30,33H,3-5,7-12,14-17H2,1-2H3,(H,31,35)/t19-,20+,21+,22+,23-,25+,28+,29-/m1/s1. The summed E-state index contributed by atoms with van der Waals surface area (Å²) in [4.78, 5) is 26.6. The number of carbonyl (C=O) groups is 2. The maximum absolute atomic E-state index is 13.0. The molecule has 8 atom stereocenters. The molecule has 7 heteroatoms. The number of hydrogen-bond acceptors (Lipinski definition) is 5. The van der Waals surface area contributed by atoms with Gasteiger partial charge < -0.3 is 25.4 Å². The molecule has 0 aromatic rings. The van der Waals surface area contributed by atoms with Gasteiger partial charge in [0.25, 0.3) is 0 Å². The molecule has 4 fully saturated rings. The van der Waals surface area contributed by atoms with E-state index in [1.165, 1.54) is 37.7 Å². The largest absolute Gasteiger partial charge is 0.458 e. The number of allylic oxidation sites excluding steroid dienone is 2. The van der Waals surface area contributed by atoms with E-state index in [4.69, 9.17) is 4.74 Å². The molecule has 0 aromatic carbocycles. The van der Waals surface area contributed by atoms with Gasteiger partial charge in [-0.05, 0) is 91.4 Å². The van der Waals surface area contributed by atoms with Crippen LogP contribution in [0.1, 0.15) is 65.2 Å². The first-order chi connectivity index (χ1) is 17.3. The first-order valence-corrected chi connectivity index (χ1v) is 14.3. The van der Waals surface area contributed by atoms with E-state index >= 15 is 0 Å². The zero-order valence-electron chi connectivity index (χ0n) is 21.9. The van der Waals surface area contributed by atoms with Gasteiger partial charge >= 0.3 is 12.0 Å². The van der Waals surface area contributed by atoms with Crippen molar-refractivity contribution in [2.45, 2.75) is 77.3 Å². The van der Waals surface area contributed by atoms with Gasteiger partial charge in [-0.3, -0.25) is 0 Å². The van der Waals surface area contributed by atoms with Crippen LogP contribution in [-0.4, -0.2) is 66.9 Å². The van der Waals surface area contributed by atoms with E-state index in [1.54, 1.807) is 11.6 Å². The van der Waals surface area contributed by atoms with Crippen LogP contribution in [0, 0.1) is 34.5 Å². The lowest BCUT2D eigenvalue weighted by Gasteiger charge is -2.60. The Bertz CT molecular complexity index is 978. The van der Waals surface area contributed by atoms with Crippen molar-refractivity contribution in [1.29, 1.82) is 0 Å². The highest BCUT2D eigenvalue weighted by Gasteiger charge is 2.58. The van der Waals surface area contributed by atoms with Crippen LogP contribution in [0.3, 0.4) is 0 Å². The Labute approximate surface area is 215 Å². The second kappa shape index (κ2) is 9.16. The minimum atomic E-state index is -0.169. The molecule has 0 spiro atoms. The van der Waals surface area contributed by atoms with Crippen LogP contribution in [0.2, 0.25) is 0 Å². The molecule has 0 bridgehead atoms. The summed E-state index contributed by atoms with van der Waals surface area (Å²) >= 11 is 0. The molecule has 2 aliphatic heterocycles. The fourth-order valence-electron chi connectivity index (χ4n) is 9.27. The Morgan fingerprint density at radius 2 is 2.11 bits per heavy atom. The quantitative estimate of drug-likeness (QED) is 0.411. The van der Waals surface area contributed by atoms with Crippen LogP contribution in [0.4, 0.5) is 4.79 Å². The van der Waals surface area contributed by atoms with E-state index in [0.29, 0.717) is 42.9 Å². The molecule has 0 aromatic heterocycles. The Balaban J connectivity index is 1.11. The van der Waals surface area contributed by atoms with E-state index < -0.39 is 0 Å². The summed E-state index contributed by atoms with van der Waals surface area (Å²) in [5, 5.41) is 16.1. The monoisotopic (exact) mass is 497 g/mol. The van der Waals surface area contributed by atoms with Crippen LogP contribution < -0.4 is 10.6 Å². The number of fused-ring (bicyclic) bond motifs is 5. The Morgan fingerprint density at radius 1 is 1.25 bits per heavy atom. The van der Waals surface area contributed by atoms with Crippen LogP contribution in [0.25, 0.3) is 0 Å². The average Bonchev–Trinajstić information content (AvgIpc) is 3.46. The average molecular weight is 498 g/mol. The molecule has 7 nitrogen and oxygen atoms in total.